The van der Waals surface area contributed by atoms with Gasteiger partial charge in [-0.2, -0.15) is 0 Å². The molecule has 0 aliphatic heterocycles. The Labute approximate surface area is 113 Å². The number of aryl methyl sites for hydroxylation is 1. The molecule has 0 saturated heterocycles. The van der Waals surface area contributed by atoms with Crippen molar-refractivity contribution in [3.05, 3.63) is 21.9 Å². The van der Waals surface area contributed by atoms with E-state index < -0.39 is 0 Å². The number of hydrogen-bond acceptors (Lipinski definition) is 3. The fraction of sp³-hybridized carbons (Fsp3) is 0.643. The molecule has 0 unspecified atom stereocenters. The van der Waals surface area contributed by atoms with Crippen molar-refractivity contribution in [2.45, 2.75) is 40.0 Å². The quantitative estimate of drug-likeness (QED) is 0.748. The lowest BCUT2D eigenvalue weighted by atomic mass is 9.89. The summed E-state index contributed by atoms with van der Waals surface area (Å²) in [7, 11) is 0. The predicted octanol–water partition coefficient (Wildman–Crippen LogP) is 2.84. The minimum Gasteiger partial charge on any atom is -0.396 e. The molecule has 18 heavy (non-hydrogen) atoms. The number of aliphatic hydroxyl groups is 1. The van der Waals surface area contributed by atoms with Gasteiger partial charge in [0.25, 0.3) is 5.91 Å². The van der Waals surface area contributed by atoms with E-state index in [4.69, 9.17) is 5.11 Å². The highest BCUT2D eigenvalue weighted by Gasteiger charge is 2.16. The molecule has 0 aliphatic rings. The first-order valence-electron chi connectivity index (χ1n) is 6.45. The van der Waals surface area contributed by atoms with Crippen LogP contribution in [0.5, 0.6) is 0 Å². The molecule has 0 aliphatic carbocycles. The molecule has 1 heterocycles. The van der Waals surface area contributed by atoms with Crippen molar-refractivity contribution in [1.29, 1.82) is 0 Å². The molecule has 2 N–H and O–H groups in total. The van der Waals surface area contributed by atoms with Gasteiger partial charge in [0, 0.05) is 13.2 Å². The first kappa shape index (κ1) is 15.2. The van der Waals surface area contributed by atoms with E-state index in [1.54, 1.807) is 0 Å². The second-order valence-electron chi connectivity index (χ2n) is 5.31. The highest BCUT2D eigenvalue weighted by atomic mass is 32.1. The molecule has 102 valence electrons. The fourth-order valence-electron chi connectivity index (χ4n) is 1.74. The van der Waals surface area contributed by atoms with E-state index in [9.17, 15) is 4.79 Å². The minimum atomic E-state index is -0.0533. The van der Waals surface area contributed by atoms with E-state index in [0.29, 0.717) is 6.54 Å². The van der Waals surface area contributed by atoms with Crippen molar-refractivity contribution in [3.63, 3.8) is 0 Å². The van der Waals surface area contributed by atoms with Crippen molar-refractivity contribution >= 4 is 17.2 Å². The Hall–Kier alpha value is -0.870. The summed E-state index contributed by atoms with van der Waals surface area (Å²) < 4.78 is 0. The minimum absolute atomic E-state index is 0.0312. The van der Waals surface area contributed by atoms with E-state index in [0.717, 1.165) is 29.7 Å². The van der Waals surface area contributed by atoms with Gasteiger partial charge in [-0.05, 0) is 41.7 Å². The molecular formula is C14H23NO2S. The van der Waals surface area contributed by atoms with Crippen LogP contribution in [0.3, 0.4) is 0 Å². The summed E-state index contributed by atoms with van der Waals surface area (Å²) >= 11 is 1.50. The molecule has 3 nitrogen and oxygen atoms in total. The Morgan fingerprint density at radius 2 is 2.22 bits per heavy atom. The number of hydrogen-bond donors (Lipinski definition) is 2. The van der Waals surface area contributed by atoms with Gasteiger partial charge in [-0.3, -0.25) is 4.79 Å². The van der Waals surface area contributed by atoms with Crippen molar-refractivity contribution in [1.82, 2.24) is 5.32 Å². The van der Waals surface area contributed by atoms with Crippen LogP contribution in [0, 0.1) is 5.41 Å². The van der Waals surface area contributed by atoms with Gasteiger partial charge in [0.05, 0.1) is 4.88 Å². The molecule has 0 aromatic carbocycles. The number of thiophene rings is 1. The maximum absolute atomic E-state index is 11.9. The third-order valence-corrected chi connectivity index (χ3v) is 4.03. The maximum Gasteiger partial charge on any atom is 0.261 e. The van der Waals surface area contributed by atoms with Crippen molar-refractivity contribution in [3.8, 4) is 0 Å². The summed E-state index contributed by atoms with van der Waals surface area (Å²) in [5.74, 6) is 0.0312. The van der Waals surface area contributed by atoms with Crippen LogP contribution in [0.1, 0.15) is 48.8 Å². The fourth-order valence-corrected chi connectivity index (χ4v) is 2.65. The zero-order chi connectivity index (χ0) is 13.6. The van der Waals surface area contributed by atoms with E-state index in [1.807, 2.05) is 25.3 Å². The summed E-state index contributed by atoms with van der Waals surface area (Å²) in [4.78, 5) is 12.8. The zero-order valence-electron chi connectivity index (χ0n) is 11.5. The monoisotopic (exact) mass is 269 g/mol. The Bertz CT molecular complexity index is 385. The lowest BCUT2D eigenvalue weighted by Gasteiger charge is -2.21. The van der Waals surface area contributed by atoms with Gasteiger partial charge in [-0.1, -0.05) is 20.8 Å². The largest absolute Gasteiger partial charge is 0.396 e. The van der Waals surface area contributed by atoms with Crippen LogP contribution in [0.2, 0.25) is 0 Å². The van der Waals surface area contributed by atoms with Crippen LogP contribution < -0.4 is 5.32 Å². The van der Waals surface area contributed by atoms with Crippen LogP contribution in [-0.4, -0.2) is 24.2 Å². The molecule has 0 spiro atoms. The van der Waals surface area contributed by atoms with Crippen molar-refractivity contribution < 1.29 is 9.90 Å². The summed E-state index contributed by atoms with van der Waals surface area (Å²) in [6.07, 6.45) is 2.70. The van der Waals surface area contributed by atoms with Crippen molar-refractivity contribution in [2.24, 2.45) is 5.41 Å². The number of carbonyl (C=O) groups is 1. The number of nitrogens with one attached hydrogen (secondary N) is 1. The topological polar surface area (TPSA) is 49.3 Å². The molecule has 0 bridgehead atoms. The van der Waals surface area contributed by atoms with Crippen molar-refractivity contribution in [2.75, 3.05) is 13.2 Å². The van der Waals surface area contributed by atoms with Crippen LogP contribution in [0.25, 0.3) is 0 Å². The Balaban J connectivity index is 2.34. The number of rotatable bonds is 7. The van der Waals surface area contributed by atoms with E-state index >= 15 is 0 Å². The number of aliphatic hydroxyl groups excluding tert-OH is 1. The predicted molar refractivity (Wildman–Crippen MR) is 76.1 cm³/mol. The first-order chi connectivity index (χ1) is 8.50. The van der Waals surface area contributed by atoms with Crippen LogP contribution in [-0.2, 0) is 6.42 Å². The highest BCUT2D eigenvalue weighted by Crippen LogP contribution is 2.21. The summed E-state index contributed by atoms with van der Waals surface area (Å²) in [6, 6.07) is 2.01. The van der Waals surface area contributed by atoms with Gasteiger partial charge in [0.15, 0.2) is 0 Å². The third-order valence-electron chi connectivity index (χ3n) is 3.08. The molecule has 0 saturated carbocycles. The molecule has 0 radical (unpaired) electrons. The van der Waals surface area contributed by atoms with Crippen LogP contribution in [0.4, 0.5) is 0 Å². The number of amides is 1. The van der Waals surface area contributed by atoms with Gasteiger partial charge in [-0.15, -0.1) is 11.3 Å². The van der Waals surface area contributed by atoms with Gasteiger partial charge >= 0.3 is 0 Å². The average molecular weight is 269 g/mol. The normalized spacial score (nSPS) is 11.6. The molecule has 1 aromatic rings. The molecule has 4 heteroatoms. The van der Waals surface area contributed by atoms with E-state index in [2.05, 4.69) is 12.2 Å². The molecule has 1 amide bonds. The smallest absolute Gasteiger partial charge is 0.261 e. The zero-order valence-corrected chi connectivity index (χ0v) is 12.3. The molecule has 1 aromatic heterocycles. The molecule has 0 fully saturated rings. The van der Waals surface area contributed by atoms with Crippen LogP contribution in [0.15, 0.2) is 11.4 Å². The Kier molecular flexibility index (Phi) is 5.82. The number of carbonyl (C=O) groups excluding carboxylic acids is 1. The maximum atomic E-state index is 11.9. The Morgan fingerprint density at radius 1 is 1.50 bits per heavy atom. The van der Waals surface area contributed by atoms with Gasteiger partial charge < -0.3 is 10.4 Å². The second kappa shape index (κ2) is 6.90. The van der Waals surface area contributed by atoms with Gasteiger partial charge in [0.2, 0.25) is 0 Å². The summed E-state index contributed by atoms with van der Waals surface area (Å²) in [5.41, 5.74) is 1.07. The second-order valence-corrected chi connectivity index (χ2v) is 6.23. The third kappa shape index (κ3) is 4.42. The lowest BCUT2D eigenvalue weighted by Crippen LogP contribution is -2.26. The molecular weight excluding hydrogens is 246 g/mol. The standard InChI is InChI=1S/C14H23NO2S/c1-4-11-6-9-18-12(11)13(17)15-8-5-7-14(2,3)10-16/h6,9,16H,4-5,7-8,10H2,1-3H3,(H,15,17). The molecule has 1 rings (SSSR count). The summed E-state index contributed by atoms with van der Waals surface area (Å²) in [6.45, 7) is 6.98. The molecule has 0 atom stereocenters. The van der Waals surface area contributed by atoms with Gasteiger partial charge in [-0.25, -0.2) is 0 Å². The average Bonchev–Trinajstić information content (AvgIpc) is 2.82. The first-order valence-corrected chi connectivity index (χ1v) is 7.33. The lowest BCUT2D eigenvalue weighted by molar-refractivity contribution is 0.0952. The Morgan fingerprint density at radius 3 is 2.83 bits per heavy atom. The van der Waals surface area contributed by atoms with Gasteiger partial charge in [0.1, 0.15) is 0 Å². The SMILES string of the molecule is CCc1ccsc1C(=O)NCCCC(C)(C)CO. The van der Waals surface area contributed by atoms with Crippen LogP contribution >= 0.6 is 11.3 Å². The van der Waals surface area contributed by atoms with E-state index in [-0.39, 0.29) is 17.9 Å². The van der Waals surface area contributed by atoms with E-state index in [1.165, 1.54) is 11.3 Å². The summed E-state index contributed by atoms with van der Waals surface area (Å²) in [5, 5.41) is 14.0. The highest BCUT2D eigenvalue weighted by molar-refractivity contribution is 7.12.